The SMILES string of the molecule is Cc1ccc(OC(=O)C2CCN(S(=O)(=O)c3cccs3)CC2)c(C)c1. The lowest BCUT2D eigenvalue weighted by Gasteiger charge is -2.29. The summed E-state index contributed by atoms with van der Waals surface area (Å²) in [6, 6.07) is 9.02. The summed E-state index contributed by atoms with van der Waals surface area (Å²) in [5.41, 5.74) is 2.04. The molecule has 0 bridgehead atoms. The molecule has 1 aromatic carbocycles. The Balaban J connectivity index is 1.61. The first-order chi connectivity index (χ1) is 11.9. The molecule has 1 aromatic heterocycles. The molecular formula is C18H21NO4S2. The number of thiophene rings is 1. The number of hydrogen-bond donors (Lipinski definition) is 0. The second-order valence-electron chi connectivity index (χ2n) is 6.30. The number of esters is 1. The number of carbonyl (C=O) groups is 1. The van der Waals surface area contributed by atoms with Crippen molar-refractivity contribution in [2.75, 3.05) is 13.1 Å². The molecule has 0 amide bonds. The summed E-state index contributed by atoms with van der Waals surface area (Å²) in [5.74, 6) is 0.0276. The number of rotatable bonds is 4. The van der Waals surface area contributed by atoms with Crippen LogP contribution in [0, 0.1) is 19.8 Å². The largest absolute Gasteiger partial charge is 0.426 e. The first-order valence-corrected chi connectivity index (χ1v) is 10.5. The summed E-state index contributed by atoms with van der Waals surface area (Å²) in [7, 11) is -3.44. The molecule has 0 atom stereocenters. The summed E-state index contributed by atoms with van der Waals surface area (Å²) in [4.78, 5) is 12.4. The minimum Gasteiger partial charge on any atom is -0.426 e. The van der Waals surface area contributed by atoms with Crippen molar-refractivity contribution in [3.8, 4) is 5.75 Å². The van der Waals surface area contributed by atoms with Crippen molar-refractivity contribution in [3.63, 3.8) is 0 Å². The van der Waals surface area contributed by atoms with Gasteiger partial charge < -0.3 is 4.74 Å². The maximum absolute atomic E-state index is 12.5. The van der Waals surface area contributed by atoms with Gasteiger partial charge in [0.1, 0.15) is 9.96 Å². The van der Waals surface area contributed by atoms with Gasteiger partial charge in [-0.1, -0.05) is 23.8 Å². The third-order valence-corrected chi connectivity index (χ3v) is 7.69. The number of hydrogen-bond acceptors (Lipinski definition) is 5. The zero-order valence-corrected chi connectivity index (χ0v) is 15.9. The molecule has 0 unspecified atom stereocenters. The van der Waals surface area contributed by atoms with Crippen LogP contribution in [-0.2, 0) is 14.8 Å². The van der Waals surface area contributed by atoms with Crippen LogP contribution < -0.4 is 4.74 Å². The fourth-order valence-electron chi connectivity index (χ4n) is 2.97. The molecule has 25 heavy (non-hydrogen) atoms. The van der Waals surface area contributed by atoms with E-state index in [0.717, 1.165) is 11.1 Å². The third-order valence-electron chi connectivity index (χ3n) is 4.42. The number of sulfonamides is 1. The Labute approximate surface area is 152 Å². The second-order valence-corrected chi connectivity index (χ2v) is 9.41. The maximum Gasteiger partial charge on any atom is 0.314 e. The van der Waals surface area contributed by atoms with E-state index in [-0.39, 0.29) is 11.9 Å². The number of piperidine rings is 1. The van der Waals surface area contributed by atoms with Gasteiger partial charge in [0.25, 0.3) is 10.0 Å². The van der Waals surface area contributed by atoms with Crippen LogP contribution in [0.3, 0.4) is 0 Å². The molecule has 1 fully saturated rings. The quantitative estimate of drug-likeness (QED) is 0.603. The van der Waals surface area contributed by atoms with Gasteiger partial charge in [0, 0.05) is 13.1 Å². The van der Waals surface area contributed by atoms with Gasteiger partial charge in [-0.3, -0.25) is 4.79 Å². The lowest BCUT2D eigenvalue weighted by molar-refractivity contribution is -0.140. The predicted molar refractivity (Wildman–Crippen MR) is 97.4 cm³/mol. The average molecular weight is 380 g/mol. The molecule has 3 rings (SSSR count). The lowest BCUT2D eigenvalue weighted by Crippen LogP contribution is -2.40. The Bertz CT molecular complexity index is 851. The maximum atomic E-state index is 12.5. The average Bonchev–Trinajstić information content (AvgIpc) is 3.13. The van der Waals surface area contributed by atoms with Crippen LogP contribution in [0.1, 0.15) is 24.0 Å². The molecule has 5 nitrogen and oxygen atoms in total. The van der Waals surface area contributed by atoms with E-state index in [2.05, 4.69) is 0 Å². The third kappa shape index (κ3) is 3.94. The van der Waals surface area contributed by atoms with Crippen LogP contribution in [0.2, 0.25) is 0 Å². The van der Waals surface area contributed by atoms with Crippen LogP contribution in [-0.4, -0.2) is 31.8 Å². The molecule has 0 radical (unpaired) electrons. The van der Waals surface area contributed by atoms with Gasteiger partial charge in [-0.25, -0.2) is 8.42 Å². The normalized spacial score (nSPS) is 16.7. The molecule has 0 N–H and O–H groups in total. The first-order valence-electron chi connectivity index (χ1n) is 8.20. The van der Waals surface area contributed by atoms with Gasteiger partial charge in [-0.2, -0.15) is 4.31 Å². The Kier molecular flexibility index (Phi) is 5.27. The Morgan fingerprint density at radius 3 is 2.52 bits per heavy atom. The molecule has 7 heteroatoms. The van der Waals surface area contributed by atoms with Crippen LogP contribution in [0.5, 0.6) is 5.75 Å². The molecule has 2 heterocycles. The fourth-order valence-corrected chi connectivity index (χ4v) is 5.59. The minimum atomic E-state index is -3.44. The van der Waals surface area contributed by atoms with E-state index >= 15 is 0 Å². The predicted octanol–water partition coefficient (Wildman–Crippen LogP) is 3.37. The molecule has 134 valence electrons. The van der Waals surface area contributed by atoms with Crippen LogP contribution >= 0.6 is 11.3 Å². The van der Waals surface area contributed by atoms with Crippen molar-refractivity contribution < 1.29 is 17.9 Å². The highest BCUT2D eigenvalue weighted by Crippen LogP contribution is 2.28. The molecular weight excluding hydrogens is 358 g/mol. The number of benzene rings is 1. The van der Waals surface area contributed by atoms with E-state index in [9.17, 15) is 13.2 Å². The van der Waals surface area contributed by atoms with Gasteiger partial charge in [-0.15, -0.1) is 11.3 Å². The number of nitrogens with zero attached hydrogens (tertiary/aromatic N) is 1. The monoisotopic (exact) mass is 379 g/mol. The summed E-state index contributed by atoms with van der Waals surface area (Å²) in [6.07, 6.45) is 0.961. The van der Waals surface area contributed by atoms with Crippen LogP contribution in [0.15, 0.2) is 39.9 Å². The highest BCUT2D eigenvalue weighted by Gasteiger charge is 2.33. The Morgan fingerprint density at radius 2 is 1.92 bits per heavy atom. The number of aryl methyl sites for hydroxylation is 2. The molecule has 0 saturated carbocycles. The molecule has 2 aromatic rings. The molecule has 1 aliphatic rings. The molecule has 0 spiro atoms. The van der Waals surface area contributed by atoms with E-state index in [1.807, 2.05) is 26.0 Å². The van der Waals surface area contributed by atoms with Gasteiger partial charge in [-0.05, 0) is 49.8 Å². The van der Waals surface area contributed by atoms with E-state index in [0.29, 0.717) is 35.9 Å². The standard InChI is InChI=1S/C18H21NO4S2/c1-13-5-6-16(14(2)12-13)23-18(20)15-7-9-19(10-8-15)25(21,22)17-4-3-11-24-17/h3-6,11-12,15H,7-10H2,1-2H3. The highest BCUT2D eigenvalue weighted by atomic mass is 32.2. The van der Waals surface area contributed by atoms with Gasteiger partial charge in [0.2, 0.25) is 0 Å². The van der Waals surface area contributed by atoms with E-state index in [4.69, 9.17) is 4.74 Å². The Morgan fingerprint density at radius 1 is 1.20 bits per heavy atom. The van der Waals surface area contributed by atoms with Crippen LogP contribution in [0.25, 0.3) is 0 Å². The van der Waals surface area contributed by atoms with Gasteiger partial charge in [0.05, 0.1) is 5.92 Å². The van der Waals surface area contributed by atoms with Crippen molar-refractivity contribution in [2.24, 2.45) is 5.92 Å². The smallest absolute Gasteiger partial charge is 0.314 e. The van der Waals surface area contributed by atoms with Gasteiger partial charge in [0.15, 0.2) is 0 Å². The van der Waals surface area contributed by atoms with Crippen molar-refractivity contribution in [2.45, 2.75) is 30.9 Å². The van der Waals surface area contributed by atoms with E-state index in [1.165, 1.54) is 15.6 Å². The van der Waals surface area contributed by atoms with Crippen molar-refractivity contribution in [3.05, 3.63) is 46.8 Å². The molecule has 1 saturated heterocycles. The molecule has 1 aliphatic heterocycles. The van der Waals surface area contributed by atoms with Gasteiger partial charge >= 0.3 is 5.97 Å². The van der Waals surface area contributed by atoms with E-state index in [1.54, 1.807) is 23.6 Å². The van der Waals surface area contributed by atoms with Crippen molar-refractivity contribution >= 4 is 27.3 Å². The summed E-state index contributed by atoms with van der Waals surface area (Å²) >= 11 is 1.21. The van der Waals surface area contributed by atoms with Crippen LogP contribution in [0.4, 0.5) is 0 Å². The molecule has 0 aliphatic carbocycles. The first kappa shape index (κ1) is 18.1. The zero-order chi connectivity index (χ0) is 18.0. The zero-order valence-electron chi connectivity index (χ0n) is 14.3. The summed E-state index contributed by atoms with van der Waals surface area (Å²) in [6.45, 7) is 4.58. The van der Waals surface area contributed by atoms with Crippen molar-refractivity contribution in [1.82, 2.24) is 4.31 Å². The second kappa shape index (κ2) is 7.27. The fraction of sp³-hybridized carbons (Fsp3) is 0.389. The highest BCUT2D eigenvalue weighted by molar-refractivity contribution is 7.91. The number of ether oxygens (including phenoxy) is 1. The lowest BCUT2D eigenvalue weighted by atomic mass is 9.98. The number of carbonyl (C=O) groups excluding carboxylic acids is 1. The topological polar surface area (TPSA) is 63.7 Å². The summed E-state index contributed by atoms with van der Waals surface area (Å²) in [5, 5.41) is 1.75. The van der Waals surface area contributed by atoms with Crippen molar-refractivity contribution in [1.29, 1.82) is 0 Å². The Hall–Kier alpha value is -1.70. The minimum absolute atomic E-state index is 0.268. The summed E-state index contributed by atoms with van der Waals surface area (Å²) < 4.78 is 32.4. The van der Waals surface area contributed by atoms with E-state index < -0.39 is 10.0 Å².